The van der Waals surface area contributed by atoms with Crippen LogP contribution in [-0.2, 0) is 4.79 Å². The van der Waals surface area contributed by atoms with Crippen LogP contribution < -0.4 is 0 Å². The maximum absolute atomic E-state index is 12.3. The third-order valence-corrected chi connectivity index (χ3v) is 3.67. The van der Waals surface area contributed by atoms with Crippen molar-refractivity contribution in [2.45, 2.75) is 45.4 Å². The maximum Gasteiger partial charge on any atom is 0.225 e. The predicted octanol–water partition coefficient (Wildman–Crippen LogP) is 1.97. The molecule has 112 valence electrons. The normalized spacial score (nSPS) is 17.1. The summed E-state index contributed by atoms with van der Waals surface area (Å²) in [7, 11) is 1.69. The van der Waals surface area contributed by atoms with Crippen molar-refractivity contribution >= 4 is 5.91 Å². The summed E-state index contributed by atoms with van der Waals surface area (Å²) in [6, 6.07) is 8.99. The molecule has 0 heterocycles. The Balaban J connectivity index is 2.71. The highest BCUT2D eigenvalue weighted by molar-refractivity contribution is 5.78. The summed E-state index contributed by atoms with van der Waals surface area (Å²) in [5.41, 5.74) is 0.794. The second-order valence-electron chi connectivity index (χ2n) is 5.53. The Morgan fingerprint density at radius 2 is 1.70 bits per heavy atom. The van der Waals surface area contributed by atoms with Gasteiger partial charge in [0.15, 0.2) is 0 Å². The van der Waals surface area contributed by atoms with Gasteiger partial charge in [-0.2, -0.15) is 0 Å². The third kappa shape index (κ3) is 4.32. The van der Waals surface area contributed by atoms with Gasteiger partial charge in [-0.05, 0) is 25.8 Å². The monoisotopic (exact) mass is 279 g/mol. The highest BCUT2D eigenvalue weighted by atomic mass is 16.3. The molecule has 0 radical (unpaired) electrons. The lowest BCUT2D eigenvalue weighted by Crippen LogP contribution is -2.42. The number of rotatable bonds is 6. The lowest BCUT2D eigenvalue weighted by molar-refractivity contribution is -0.138. The van der Waals surface area contributed by atoms with Crippen molar-refractivity contribution in [3.8, 4) is 0 Å². The van der Waals surface area contributed by atoms with Gasteiger partial charge in [0.1, 0.15) is 0 Å². The zero-order valence-corrected chi connectivity index (χ0v) is 12.7. The van der Waals surface area contributed by atoms with Gasteiger partial charge in [0.25, 0.3) is 0 Å². The Morgan fingerprint density at radius 3 is 2.20 bits per heavy atom. The van der Waals surface area contributed by atoms with Gasteiger partial charge in [-0.3, -0.25) is 4.79 Å². The molecule has 0 aliphatic carbocycles. The van der Waals surface area contributed by atoms with E-state index < -0.39 is 12.2 Å². The highest BCUT2D eigenvalue weighted by Crippen LogP contribution is 2.21. The molecule has 0 fully saturated rings. The Kier molecular flexibility index (Phi) is 6.17. The summed E-state index contributed by atoms with van der Waals surface area (Å²) in [6.45, 7) is 5.30. The Bertz CT molecular complexity index is 419. The second kappa shape index (κ2) is 7.41. The van der Waals surface area contributed by atoms with Crippen LogP contribution in [0.1, 0.15) is 38.9 Å². The van der Waals surface area contributed by atoms with Crippen molar-refractivity contribution in [3.05, 3.63) is 35.9 Å². The van der Waals surface area contributed by atoms with Crippen molar-refractivity contribution in [3.63, 3.8) is 0 Å². The zero-order valence-electron chi connectivity index (χ0n) is 12.7. The number of nitrogens with zero attached hydrogens (tertiary/aromatic N) is 1. The zero-order chi connectivity index (χ0) is 15.3. The summed E-state index contributed by atoms with van der Waals surface area (Å²) in [5, 5.41) is 19.7. The Labute approximate surface area is 121 Å². The number of carbonyl (C=O) groups is 1. The molecule has 2 N–H and O–H groups in total. The van der Waals surface area contributed by atoms with Crippen molar-refractivity contribution in [1.29, 1.82) is 0 Å². The minimum Gasteiger partial charge on any atom is -0.393 e. The minimum absolute atomic E-state index is 0.0617. The SMILES string of the molecule is C[C@H](O)C[C@H](C)C(=O)N(C)[C@@H](C)[C@@H](O)c1ccccc1. The first-order valence-corrected chi connectivity index (χ1v) is 7.02. The molecule has 0 aliphatic rings. The fourth-order valence-corrected chi connectivity index (χ4v) is 2.30. The molecule has 0 saturated heterocycles. The van der Waals surface area contributed by atoms with E-state index in [9.17, 15) is 15.0 Å². The summed E-state index contributed by atoms with van der Waals surface area (Å²) in [6.07, 6.45) is -0.794. The first kappa shape index (κ1) is 16.7. The van der Waals surface area contributed by atoms with Crippen LogP contribution >= 0.6 is 0 Å². The quantitative estimate of drug-likeness (QED) is 0.837. The fourth-order valence-electron chi connectivity index (χ4n) is 2.30. The molecule has 0 unspecified atom stereocenters. The molecular weight excluding hydrogens is 254 g/mol. The van der Waals surface area contributed by atoms with Crippen LogP contribution in [0.5, 0.6) is 0 Å². The highest BCUT2D eigenvalue weighted by Gasteiger charge is 2.27. The summed E-state index contributed by atoms with van der Waals surface area (Å²) < 4.78 is 0. The number of likely N-dealkylation sites (N-methyl/N-ethyl adjacent to an activating group) is 1. The lowest BCUT2D eigenvalue weighted by atomic mass is 9.99. The predicted molar refractivity (Wildman–Crippen MR) is 79.1 cm³/mol. The molecule has 0 spiro atoms. The molecule has 20 heavy (non-hydrogen) atoms. The topological polar surface area (TPSA) is 60.8 Å². The Hall–Kier alpha value is -1.39. The summed E-state index contributed by atoms with van der Waals surface area (Å²) >= 11 is 0. The van der Waals surface area contributed by atoms with E-state index in [2.05, 4.69) is 0 Å². The van der Waals surface area contributed by atoms with Crippen LogP contribution in [-0.4, -0.2) is 40.2 Å². The maximum atomic E-state index is 12.3. The van der Waals surface area contributed by atoms with Crippen LogP contribution in [0, 0.1) is 5.92 Å². The van der Waals surface area contributed by atoms with E-state index >= 15 is 0 Å². The minimum atomic E-state index is -0.719. The third-order valence-electron chi connectivity index (χ3n) is 3.67. The van der Waals surface area contributed by atoms with Crippen LogP contribution in [0.2, 0.25) is 0 Å². The molecule has 0 bridgehead atoms. The molecule has 1 aromatic rings. The number of aliphatic hydroxyl groups is 2. The van der Waals surface area contributed by atoms with E-state index in [0.29, 0.717) is 6.42 Å². The summed E-state index contributed by atoms with van der Waals surface area (Å²) in [4.78, 5) is 13.8. The van der Waals surface area contributed by atoms with Gasteiger partial charge < -0.3 is 15.1 Å². The first-order chi connectivity index (χ1) is 9.34. The second-order valence-corrected chi connectivity index (χ2v) is 5.53. The molecule has 0 aliphatic heterocycles. The standard InChI is InChI=1S/C16H25NO3/c1-11(10-12(2)18)16(20)17(4)13(3)15(19)14-8-6-5-7-9-14/h5-9,11-13,15,18-19H,10H2,1-4H3/t11-,12-,13-,15+/m0/s1. The number of benzene rings is 1. The van der Waals surface area contributed by atoms with Gasteiger partial charge in [-0.1, -0.05) is 37.3 Å². The fraction of sp³-hybridized carbons (Fsp3) is 0.562. The van der Waals surface area contributed by atoms with Crippen molar-refractivity contribution in [1.82, 2.24) is 4.90 Å². The van der Waals surface area contributed by atoms with Gasteiger partial charge in [0.2, 0.25) is 5.91 Å². The number of amides is 1. The molecule has 1 aromatic carbocycles. The van der Waals surface area contributed by atoms with Gasteiger partial charge in [0, 0.05) is 13.0 Å². The van der Waals surface area contributed by atoms with E-state index in [4.69, 9.17) is 0 Å². The largest absolute Gasteiger partial charge is 0.393 e. The molecule has 4 nitrogen and oxygen atoms in total. The van der Waals surface area contributed by atoms with Crippen LogP contribution in [0.4, 0.5) is 0 Å². The van der Waals surface area contributed by atoms with E-state index in [1.165, 1.54) is 0 Å². The molecule has 1 amide bonds. The van der Waals surface area contributed by atoms with Crippen LogP contribution in [0.3, 0.4) is 0 Å². The lowest BCUT2D eigenvalue weighted by Gasteiger charge is -2.31. The summed E-state index contributed by atoms with van der Waals surface area (Å²) in [5.74, 6) is -0.321. The molecule has 0 saturated carbocycles. The van der Waals surface area contributed by atoms with Crippen molar-refractivity contribution in [2.75, 3.05) is 7.05 Å². The van der Waals surface area contributed by atoms with E-state index in [1.807, 2.05) is 37.3 Å². The number of hydrogen-bond donors (Lipinski definition) is 2. The van der Waals surface area contributed by atoms with Crippen LogP contribution in [0.25, 0.3) is 0 Å². The average Bonchev–Trinajstić information content (AvgIpc) is 2.44. The first-order valence-electron chi connectivity index (χ1n) is 7.02. The van der Waals surface area contributed by atoms with E-state index in [-0.39, 0.29) is 17.9 Å². The number of aliphatic hydroxyl groups excluding tert-OH is 2. The molecule has 0 aromatic heterocycles. The van der Waals surface area contributed by atoms with Crippen molar-refractivity contribution < 1.29 is 15.0 Å². The van der Waals surface area contributed by atoms with E-state index in [0.717, 1.165) is 5.56 Å². The number of carbonyl (C=O) groups excluding carboxylic acids is 1. The van der Waals surface area contributed by atoms with E-state index in [1.54, 1.807) is 25.8 Å². The van der Waals surface area contributed by atoms with Gasteiger partial charge in [0.05, 0.1) is 18.2 Å². The smallest absolute Gasteiger partial charge is 0.225 e. The van der Waals surface area contributed by atoms with Gasteiger partial charge in [-0.15, -0.1) is 0 Å². The average molecular weight is 279 g/mol. The molecule has 1 rings (SSSR count). The Morgan fingerprint density at radius 1 is 1.15 bits per heavy atom. The van der Waals surface area contributed by atoms with Crippen molar-refractivity contribution in [2.24, 2.45) is 5.92 Å². The molecule has 4 atom stereocenters. The van der Waals surface area contributed by atoms with Crippen LogP contribution in [0.15, 0.2) is 30.3 Å². The molecular formula is C16H25NO3. The van der Waals surface area contributed by atoms with Gasteiger partial charge in [-0.25, -0.2) is 0 Å². The van der Waals surface area contributed by atoms with Gasteiger partial charge >= 0.3 is 0 Å². The number of hydrogen-bond acceptors (Lipinski definition) is 3. The molecule has 4 heteroatoms.